The molecule has 0 radical (unpaired) electrons. The predicted octanol–water partition coefficient (Wildman–Crippen LogP) is 2.33. The fourth-order valence-corrected chi connectivity index (χ4v) is 2.45. The van der Waals surface area contributed by atoms with Gasteiger partial charge in [-0.15, -0.1) is 0 Å². The van der Waals surface area contributed by atoms with Crippen molar-refractivity contribution in [3.63, 3.8) is 0 Å². The maximum absolute atomic E-state index is 11.9. The Balaban J connectivity index is 1.95. The summed E-state index contributed by atoms with van der Waals surface area (Å²) in [5.74, 6) is -0.613. The Bertz CT molecular complexity index is 424. The van der Waals surface area contributed by atoms with Crippen molar-refractivity contribution in [1.29, 1.82) is 0 Å². The van der Waals surface area contributed by atoms with Crippen molar-refractivity contribution in [2.45, 2.75) is 37.9 Å². The highest BCUT2D eigenvalue weighted by Crippen LogP contribution is 2.26. The summed E-state index contributed by atoms with van der Waals surface area (Å²) in [5.41, 5.74) is 0.962. The van der Waals surface area contributed by atoms with E-state index in [1.54, 1.807) is 24.3 Å². The van der Waals surface area contributed by atoms with E-state index in [0.717, 1.165) is 25.7 Å². The number of ether oxygens (including phenoxy) is 2. The lowest BCUT2D eigenvalue weighted by Crippen LogP contribution is -2.30. The highest BCUT2D eigenvalue weighted by molar-refractivity contribution is 5.93. The third-order valence-electron chi connectivity index (χ3n) is 3.52. The summed E-state index contributed by atoms with van der Waals surface area (Å²) in [4.78, 5) is 23.7. The first-order valence-electron chi connectivity index (χ1n) is 6.24. The summed E-state index contributed by atoms with van der Waals surface area (Å²) in [7, 11) is 0. The Morgan fingerprint density at radius 1 is 0.722 bits per heavy atom. The van der Waals surface area contributed by atoms with Crippen molar-refractivity contribution in [1.82, 2.24) is 0 Å². The molecule has 4 aliphatic heterocycles. The number of carbonyl (C=O) groups is 2. The van der Waals surface area contributed by atoms with Gasteiger partial charge in [0.2, 0.25) is 0 Å². The summed E-state index contributed by atoms with van der Waals surface area (Å²) < 4.78 is 10.9. The van der Waals surface area contributed by atoms with Gasteiger partial charge in [0, 0.05) is 0 Å². The van der Waals surface area contributed by atoms with Crippen LogP contribution in [0.15, 0.2) is 24.3 Å². The van der Waals surface area contributed by atoms with Crippen molar-refractivity contribution in [2.75, 3.05) is 0 Å². The third-order valence-corrected chi connectivity index (χ3v) is 3.52. The average Bonchev–Trinajstić information content (AvgIpc) is 2.40. The molecule has 0 N–H and O–H groups in total. The van der Waals surface area contributed by atoms with Crippen LogP contribution in [0.1, 0.15) is 46.4 Å². The van der Waals surface area contributed by atoms with Gasteiger partial charge in [0.15, 0.2) is 0 Å². The molecule has 94 valence electrons. The van der Waals surface area contributed by atoms with Crippen LogP contribution in [0.4, 0.5) is 0 Å². The van der Waals surface area contributed by atoms with E-state index in [1.165, 1.54) is 0 Å². The molecule has 0 amide bonds. The highest BCUT2D eigenvalue weighted by atomic mass is 16.6. The van der Waals surface area contributed by atoms with Crippen molar-refractivity contribution < 1.29 is 19.1 Å². The molecule has 1 aromatic rings. The van der Waals surface area contributed by atoms with Crippen molar-refractivity contribution in [3.8, 4) is 0 Å². The van der Waals surface area contributed by atoms with Gasteiger partial charge in [0.1, 0.15) is 12.2 Å². The van der Waals surface area contributed by atoms with Crippen LogP contribution in [0.5, 0.6) is 0 Å². The molecule has 0 unspecified atom stereocenters. The molecule has 18 heavy (non-hydrogen) atoms. The van der Waals surface area contributed by atoms with E-state index < -0.39 is 0 Å². The van der Waals surface area contributed by atoms with E-state index in [1.807, 2.05) is 0 Å². The second-order valence-corrected chi connectivity index (χ2v) is 4.79. The lowest BCUT2D eigenvalue weighted by Gasteiger charge is -2.28. The smallest absolute Gasteiger partial charge is 0.338 e. The van der Waals surface area contributed by atoms with Crippen molar-refractivity contribution >= 4 is 11.9 Å². The molecule has 0 saturated heterocycles. The molecule has 4 heteroatoms. The van der Waals surface area contributed by atoms with E-state index in [9.17, 15) is 9.59 Å². The first-order valence-corrected chi connectivity index (χ1v) is 6.24. The first kappa shape index (κ1) is 11.3. The maximum Gasteiger partial charge on any atom is 0.338 e. The Kier molecular flexibility index (Phi) is 2.78. The average molecular weight is 246 g/mol. The van der Waals surface area contributed by atoms with Gasteiger partial charge in [-0.05, 0) is 49.9 Å². The number of hydrogen-bond donors (Lipinski definition) is 0. The first-order chi connectivity index (χ1) is 8.72. The Labute approximate surface area is 105 Å². The van der Waals surface area contributed by atoms with Crippen LogP contribution in [-0.4, -0.2) is 24.1 Å². The summed E-state index contributed by atoms with van der Waals surface area (Å²) in [5, 5.41) is 0. The number of hydrogen-bond acceptors (Lipinski definition) is 4. The maximum atomic E-state index is 11.9. The minimum Gasteiger partial charge on any atom is -0.459 e. The van der Waals surface area contributed by atoms with Crippen LogP contribution in [0.25, 0.3) is 0 Å². The van der Waals surface area contributed by atoms with Gasteiger partial charge in [-0.1, -0.05) is 0 Å². The van der Waals surface area contributed by atoms with Gasteiger partial charge in [-0.3, -0.25) is 0 Å². The predicted molar refractivity (Wildman–Crippen MR) is 63.3 cm³/mol. The van der Waals surface area contributed by atoms with E-state index in [0.29, 0.717) is 11.1 Å². The van der Waals surface area contributed by atoms with E-state index in [4.69, 9.17) is 9.47 Å². The molecule has 1 fully saturated rings. The molecule has 1 aliphatic carbocycles. The standard InChI is InChI=1S/C14H14O4/c15-13-9-1-2-10(4-3-9)14(16)18-12-7-5-11(17-13)6-8-12/h1-4,11-12H,5-8H2. The van der Waals surface area contributed by atoms with Gasteiger partial charge in [0.05, 0.1) is 11.1 Å². The largest absolute Gasteiger partial charge is 0.459 e. The summed E-state index contributed by atoms with van der Waals surface area (Å²) in [6.07, 6.45) is 2.96. The quantitative estimate of drug-likeness (QED) is 0.659. The molecular formula is C14H14O4. The topological polar surface area (TPSA) is 52.6 Å². The molecular weight excluding hydrogens is 232 g/mol. The lowest BCUT2D eigenvalue weighted by molar-refractivity contribution is -0.0113. The molecule has 6 rings (SSSR count). The van der Waals surface area contributed by atoms with E-state index >= 15 is 0 Å². The number of carbonyl (C=O) groups excluding carboxylic acids is 2. The van der Waals surface area contributed by atoms with Crippen LogP contribution >= 0.6 is 0 Å². The Morgan fingerprint density at radius 3 is 1.39 bits per heavy atom. The molecule has 1 saturated carbocycles. The fourth-order valence-electron chi connectivity index (χ4n) is 2.45. The van der Waals surface area contributed by atoms with Gasteiger partial charge < -0.3 is 9.47 Å². The number of esters is 2. The van der Waals surface area contributed by atoms with E-state index in [2.05, 4.69) is 0 Å². The molecule has 4 nitrogen and oxygen atoms in total. The molecule has 4 bridgehead atoms. The lowest BCUT2D eigenvalue weighted by atomic mass is 9.94. The SMILES string of the molecule is O=C1OC2CCC(CC2)OC(=O)c2ccc1cc2. The van der Waals surface area contributed by atoms with Gasteiger partial charge in [-0.25, -0.2) is 9.59 Å². The van der Waals surface area contributed by atoms with Crippen molar-refractivity contribution in [2.24, 2.45) is 0 Å². The van der Waals surface area contributed by atoms with Crippen LogP contribution in [0.2, 0.25) is 0 Å². The fraction of sp³-hybridized carbons (Fsp3) is 0.429. The second kappa shape index (κ2) is 4.44. The van der Waals surface area contributed by atoms with Gasteiger partial charge in [0.25, 0.3) is 0 Å². The second-order valence-electron chi connectivity index (χ2n) is 4.79. The normalized spacial score (nSPS) is 27.1. The molecule has 4 heterocycles. The Hall–Kier alpha value is -1.84. The highest BCUT2D eigenvalue weighted by Gasteiger charge is 2.27. The number of rotatable bonds is 0. The summed E-state index contributed by atoms with van der Waals surface area (Å²) in [6.45, 7) is 0. The van der Waals surface area contributed by atoms with Crippen LogP contribution in [-0.2, 0) is 9.47 Å². The van der Waals surface area contributed by atoms with Gasteiger partial charge >= 0.3 is 11.9 Å². The third kappa shape index (κ3) is 2.10. The summed E-state index contributed by atoms with van der Waals surface area (Å²) >= 11 is 0. The zero-order valence-corrected chi connectivity index (χ0v) is 9.93. The number of benzene rings is 1. The molecule has 5 aliphatic rings. The van der Waals surface area contributed by atoms with Crippen LogP contribution in [0.3, 0.4) is 0 Å². The minimum atomic E-state index is -0.307. The van der Waals surface area contributed by atoms with Gasteiger partial charge in [-0.2, -0.15) is 0 Å². The van der Waals surface area contributed by atoms with Crippen molar-refractivity contribution in [3.05, 3.63) is 35.4 Å². The van der Waals surface area contributed by atoms with E-state index in [-0.39, 0.29) is 24.1 Å². The minimum absolute atomic E-state index is 0.0495. The zero-order valence-electron chi connectivity index (χ0n) is 9.93. The van der Waals surface area contributed by atoms with Crippen LogP contribution < -0.4 is 0 Å². The van der Waals surface area contributed by atoms with Crippen LogP contribution in [0, 0.1) is 0 Å². The Morgan fingerprint density at radius 2 is 1.06 bits per heavy atom. The monoisotopic (exact) mass is 246 g/mol. The molecule has 1 aromatic carbocycles. The summed E-state index contributed by atoms with van der Waals surface area (Å²) in [6, 6.07) is 6.42. The zero-order chi connectivity index (χ0) is 12.5. The molecule has 0 atom stereocenters. The molecule has 0 aromatic heterocycles. The molecule has 0 spiro atoms.